The second-order valence-electron chi connectivity index (χ2n) is 5.16. The van der Waals surface area contributed by atoms with E-state index < -0.39 is 17.9 Å². The highest BCUT2D eigenvalue weighted by Crippen LogP contribution is 2.13. The third-order valence-electron chi connectivity index (χ3n) is 2.96. The SMILES string of the molecule is CC(=O)N[C@@H](CSCC(=O)N1CC(C)OC(C)C1)C(=O)O. The number of nitrogens with zero attached hydrogens (tertiary/aromatic N) is 1. The number of hydrogen-bond donors (Lipinski definition) is 2. The minimum atomic E-state index is -1.10. The van der Waals surface area contributed by atoms with Crippen molar-refractivity contribution in [2.24, 2.45) is 0 Å². The van der Waals surface area contributed by atoms with Gasteiger partial charge < -0.3 is 20.1 Å². The number of thioether (sulfide) groups is 1. The predicted octanol–water partition coefficient (Wildman–Crippen LogP) is -0.0553. The van der Waals surface area contributed by atoms with Crippen LogP contribution in [0.25, 0.3) is 0 Å². The van der Waals surface area contributed by atoms with Crippen molar-refractivity contribution in [3.63, 3.8) is 0 Å². The Hall–Kier alpha value is -1.28. The number of carbonyl (C=O) groups is 3. The smallest absolute Gasteiger partial charge is 0.327 e. The zero-order valence-corrected chi connectivity index (χ0v) is 13.3. The first kappa shape index (κ1) is 17.8. The molecule has 0 spiro atoms. The maximum atomic E-state index is 12.1. The Morgan fingerprint density at radius 2 is 1.90 bits per heavy atom. The van der Waals surface area contributed by atoms with Gasteiger partial charge in [-0.05, 0) is 13.8 Å². The summed E-state index contributed by atoms with van der Waals surface area (Å²) in [6, 6.07) is -0.970. The Bertz CT molecular complexity index is 394. The van der Waals surface area contributed by atoms with Crippen molar-refractivity contribution in [1.29, 1.82) is 0 Å². The lowest BCUT2D eigenvalue weighted by molar-refractivity contribution is -0.141. The average Bonchev–Trinajstić information content (AvgIpc) is 2.35. The van der Waals surface area contributed by atoms with Crippen molar-refractivity contribution < 1.29 is 24.2 Å². The zero-order chi connectivity index (χ0) is 16.0. The molecule has 1 fully saturated rings. The second kappa shape index (κ2) is 8.23. The van der Waals surface area contributed by atoms with Gasteiger partial charge in [0.05, 0.1) is 18.0 Å². The van der Waals surface area contributed by atoms with Crippen LogP contribution in [0.5, 0.6) is 0 Å². The largest absolute Gasteiger partial charge is 0.480 e. The second-order valence-corrected chi connectivity index (χ2v) is 6.19. The van der Waals surface area contributed by atoms with E-state index in [9.17, 15) is 14.4 Å². The highest BCUT2D eigenvalue weighted by Gasteiger charge is 2.26. The molecule has 8 heteroatoms. The molecular weight excluding hydrogens is 296 g/mol. The summed E-state index contributed by atoms with van der Waals surface area (Å²) in [5.74, 6) is -1.17. The van der Waals surface area contributed by atoms with Crippen molar-refractivity contribution >= 4 is 29.5 Å². The summed E-state index contributed by atoms with van der Waals surface area (Å²) in [5, 5.41) is 11.3. The van der Waals surface area contributed by atoms with Crippen molar-refractivity contribution in [2.45, 2.75) is 39.0 Å². The number of amides is 2. The molecule has 0 aromatic rings. The minimum Gasteiger partial charge on any atom is -0.480 e. The molecule has 0 bridgehead atoms. The van der Waals surface area contributed by atoms with E-state index in [0.29, 0.717) is 13.1 Å². The first-order valence-electron chi connectivity index (χ1n) is 6.80. The Kier molecular flexibility index (Phi) is 6.97. The van der Waals surface area contributed by atoms with E-state index in [1.807, 2.05) is 13.8 Å². The van der Waals surface area contributed by atoms with Gasteiger partial charge in [0, 0.05) is 25.8 Å². The first-order chi connectivity index (χ1) is 9.79. The molecule has 1 heterocycles. The molecule has 0 aliphatic carbocycles. The normalized spacial score (nSPS) is 23.5. The molecule has 1 aliphatic heterocycles. The number of morpholine rings is 1. The van der Waals surface area contributed by atoms with Gasteiger partial charge >= 0.3 is 5.97 Å². The molecule has 7 nitrogen and oxygen atoms in total. The molecular formula is C13H22N2O5S. The quantitative estimate of drug-likeness (QED) is 0.712. The lowest BCUT2D eigenvalue weighted by atomic mass is 10.2. The lowest BCUT2D eigenvalue weighted by Crippen LogP contribution is -2.49. The molecule has 0 aromatic carbocycles. The maximum absolute atomic E-state index is 12.1. The number of carboxylic acids is 1. The summed E-state index contributed by atoms with van der Waals surface area (Å²) >= 11 is 1.21. The Morgan fingerprint density at radius 3 is 2.38 bits per heavy atom. The van der Waals surface area contributed by atoms with Crippen LogP contribution in [-0.2, 0) is 19.1 Å². The molecule has 21 heavy (non-hydrogen) atoms. The van der Waals surface area contributed by atoms with Gasteiger partial charge in [-0.3, -0.25) is 9.59 Å². The summed E-state index contributed by atoms with van der Waals surface area (Å²) in [6.45, 7) is 6.21. The molecule has 1 aliphatic rings. The van der Waals surface area contributed by atoms with Crippen molar-refractivity contribution in [2.75, 3.05) is 24.6 Å². The van der Waals surface area contributed by atoms with Crippen LogP contribution in [0, 0.1) is 0 Å². The topological polar surface area (TPSA) is 95.9 Å². The zero-order valence-electron chi connectivity index (χ0n) is 12.5. The highest BCUT2D eigenvalue weighted by atomic mass is 32.2. The minimum absolute atomic E-state index is 0.00819. The van der Waals surface area contributed by atoms with E-state index >= 15 is 0 Å². The molecule has 2 unspecified atom stereocenters. The third-order valence-corrected chi connectivity index (χ3v) is 3.98. The fourth-order valence-electron chi connectivity index (χ4n) is 2.16. The molecule has 0 saturated carbocycles. The van der Waals surface area contributed by atoms with Gasteiger partial charge in [-0.1, -0.05) is 0 Å². The van der Waals surface area contributed by atoms with Crippen LogP contribution in [-0.4, -0.2) is 70.6 Å². The molecule has 2 N–H and O–H groups in total. The lowest BCUT2D eigenvalue weighted by Gasteiger charge is -2.35. The summed E-state index contributed by atoms with van der Waals surface area (Å²) in [6.07, 6.45) is 0.0164. The van der Waals surface area contributed by atoms with E-state index in [1.54, 1.807) is 4.90 Å². The van der Waals surface area contributed by atoms with Gasteiger partial charge in [0.2, 0.25) is 11.8 Å². The number of carboxylic acid groups (broad SMARTS) is 1. The number of hydrogen-bond acceptors (Lipinski definition) is 5. The van der Waals surface area contributed by atoms with E-state index in [2.05, 4.69) is 5.32 Å². The molecule has 0 radical (unpaired) electrons. The summed E-state index contributed by atoms with van der Waals surface area (Å²) in [7, 11) is 0. The fraction of sp³-hybridized carbons (Fsp3) is 0.769. The van der Waals surface area contributed by atoms with Crippen molar-refractivity contribution in [1.82, 2.24) is 10.2 Å². The van der Waals surface area contributed by atoms with Gasteiger partial charge in [-0.15, -0.1) is 11.8 Å². The van der Waals surface area contributed by atoms with Crippen LogP contribution in [0.2, 0.25) is 0 Å². The summed E-state index contributed by atoms with van der Waals surface area (Å²) in [4.78, 5) is 35.7. The number of aliphatic carboxylic acids is 1. The van der Waals surface area contributed by atoms with Gasteiger partial charge in [0.15, 0.2) is 0 Å². The monoisotopic (exact) mass is 318 g/mol. The first-order valence-corrected chi connectivity index (χ1v) is 7.96. The molecule has 2 amide bonds. The van der Waals surface area contributed by atoms with E-state index in [0.717, 1.165) is 0 Å². The van der Waals surface area contributed by atoms with Crippen LogP contribution in [0.15, 0.2) is 0 Å². The maximum Gasteiger partial charge on any atom is 0.327 e. The van der Waals surface area contributed by atoms with Crippen LogP contribution in [0.4, 0.5) is 0 Å². The Morgan fingerprint density at radius 1 is 1.33 bits per heavy atom. The standard InChI is InChI=1S/C13H22N2O5S/c1-8-4-15(5-9(2)20-8)12(17)7-21-6-11(13(18)19)14-10(3)16/h8-9,11H,4-7H2,1-3H3,(H,14,16)(H,18,19)/t8?,9?,11-/m0/s1. The molecule has 3 atom stereocenters. The molecule has 0 aromatic heterocycles. The van der Waals surface area contributed by atoms with Gasteiger partial charge in [-0.25, -0.2) is 4.79 Å². The highest BCUT2D eigenvalue weighted by molar-refractivity contribution is 8.00. The predicted molar refractivity (Wildman–Crippen MR) is 79.2 cm³/mol. The molecule has 1 saturated heterocycles. The van der Waals surface area contributed by atoms with Crippen LogP contribution >= 0.6 is 11.8 Å². The van der Waals surface area contributed by atoms with Crippen LogP contribution in [0.1, 0.15) is 20.8 Å². The molecule has 1 rings (SSSR count). The Balaban J connectivity index is 2.38. The van der Waals surface area contributed by atoms with Gasteiger partial charge in [0.25, 0.3) is 0 Å². The third kappa shape index (κ3) is 6.34. The van der Waals surface area contributed by atoms with E-state index in [-0.39, 0.29) is 29.6 Å². The van der Waals surface area contributed by atoms with Gasteiger partial charge in [0.1, 0.15) is 6.04 Å². The average molecular weight is 318 g/mol. The molecule has 120 valence electrons. The number of carbonyl (C=O) groups excluding carboxylic acids is 2. The van der Waals surface area contributed by atoms with Crippen LogP contribution < -0.4 is 5.32 Å². The number of nitrogens with one attached hydrogen (secondary N) is 1. The summed E-state index contributed by atoms with van der Waals surface area (Å²) < 4.78 is 5.56. The van der Waals surface area contributed by atoms with Crippen molar-refractivity contribution in [3.05, 3.63) is 0 Å². The summed E-state index contributed by atoms with van der Waals surface area (Å²) in [5.41, 5.74) is 0. The number of rotatable bonds is 6. The van der Waals surface area contributed by atoms with Crippen molar-refractivity contribution in [3.8, 4) is 0 Å². The van der Waals surface area contributed by atoms with Crippen LogP contribution in [0.3, 0.4) is 0 Å². The van der Waals surface area contributed by atoms with E-state index in [1.165, 1.54) is 18.7 Å². The Labute approximate surface area is 128 Å². The van der Waals surface area contributed by atoms with Gasteiger partial charge in [-0.2, -0.15) is 0 Å². The fourth-order valence-corrected chi connectivity index (χ4v) is 3.09. The van der Waals surface area contributed by atoms with E-state index in [4.69, 9.17) is 9.84 Å². The number of ether oxygens (including phenoxy) is 1.